The highest BCUT2D eigenvalue weighted by Gasteiger charge is 2.25. The molecule has 37 heavy (non-hydrogen) atoms. The molecule has 1 unspecified atom stereocenters. The van der Waals surface area contributed by atoms with Crippen LogP contribution < -0.4 is 11.1 Å². The van der Waals surface area contributed by atoms with Crippen molar-refractivity contribution in [2.24, 2.45) is 7.05 Å². The van der Waals surface area contributed by atoms with Crippen LogP contribution in [0.3, 0.4) is 0 Å². The maximum atomic E-state index is 13.3. The molecule has 182 valence electrons. The van der Waals surface area contributed by atoms with Crippen LogP contribution in [0, 0.1) is 11.8 Å². The second-order valence-corrected chi connectivity index (χ2v) is 9.43. The first-order valence-electron chi connectivity index (χ1n) is 11.6. The third-order valence-electron chi connectivity index (χ3n) is 6.03. The lowest BCUT2D eigenvalue weighted by atomic mass is 10.1. The predicted molar refractivity (Wildman–Crippen MR) is 143 cm³/mol. The van der Waals surface area contributed by atoms with Crippen molar-refractivity contribution in [3.05, 3.63) is 95.0 Å². The van der Waals surface area contributed by atoms with Gasteiger partial charge in [-0.1, -0.05) is 42.3 Å². The van der Waals surface area contributed by atoms with E-state index in [0.29, 0.717) is 11.1 Å². The zero-order valence-electron chi connectivity index (χ0n) is 20.1. The van der Waals surface area contributed by atoms with Crippen LogP contribution >= 0.6 is 11.3 Å². The fraction of sp³-hybridized carbons (Fsp3) is 0.111. The minimum absolute atomic E-state index is 0.179. The Kier molecular flexibility index (Phi) is 5.47. The number of rotatable bonds is 4. The average Bonchev–Trinajstić information content (AvgIpc) is 3.65. The van der Waals surface area contributed by atoms with E-state index < -0.39 is 6.04 Å². The maximum absolute atomic E-state index is 13.3. The Morgan fingerprint density at radius 2 is 1.95 bits per heavy atom. The molecule has 9 nitrogen and oxygen atoms in total. The summed E-state index contributed by atoms with van der Waals surface area (Å²) in [5.74, 6) is 6.32. The number of fused-ring (bicyclic) bond motifs is 2. The summed E-state index contributed by atoms with van der Waals surface area (Å²) in [7, 11) is 1.86. The van der Waals surface area contributed by atoms with Gasteiger partial charge in [-0.05, 0) is 25.0 Å². The van der Waals surface area contributed by atoms with Crippen molar-refractivity contribution in [1.29, 1.82) is 0 Å². The van der Waals surface area contributed by atoms with Crippen molar-refractivity contribution >= 4 is 33.5 Å². The van der Waals surface area contributed by atoms with Gasteiger partial charge >= 0.3 is 0 Å². The number of amides is 1. The van der Waals surface area contributed by atoms with Crippen molar-refractivity contribution in [2.75, 3.05) is 5.73 Å². The summed E-state index contributed by atoms with van der Waals surface area (Å²) >= 11 is 1.50. The van der Waals surface area contributed by atoms with Crippen LogP contribution in [0.25, 0.3) is 21.7 Å². The molecule has 6 aromatic rings. The van der Waals surface area contributed by atoms with Crippen molar-refractivity contribution in [2.45, 2.75) is 13.0 Å². The zero-order valence-corrected chi connectivity index (χ0v) is 20.9. The molecule has 0 spiro atoms. The third-order valence-corrected chi connectivity index (χ3v) is 6.86. The summed E-state index contributed by atoms with van der Waals surface area (Å²) in [5.41, 5.74) is 11.3. The van der Waals surface area contributed by atoms with Crippen LogP contribution in [0.5, 0.6) is 0 Å². The summed E-state index contributed by atoms with van der Waals surface area (Å²) < 4.78 is 5.37. The number of nitrogens with zero attached hydrogens (tertiary/aromatic N) is 6. The van der Waals surface area contributed by atoms with E-state index in [1.165, 1.54) is 11.3 Å². The van der Waals surface area contributed by atoms with E-state index in [0.717, 1.165) is 33.2 Å². The first-order valence-corrected chi connectivity index (χ1v) is 12.5. The van der Waals surface area contributed by atoms with E-state index >= 15 is 0 Å². The quantitative estimate of drug-likeness (QED) is 0.353. The molecule has 0 bridgehead atoms. The van der Waals surface area contributed by atoms with Gasteiger partial charge in [0.15, 0.2) is 10.8 Å². The van der Waals surface area contributed by atoms with Crippen LogP contribution in [-0.2, 0) is 7.05 Å². The molecule has 0 saturated heterocycles. The molecule has 0 aliphatic carbocycles. The van der Waals surface area contributed by atoms with Gasteiger partial charge in [0, 0.05) is 30.4 Å². The molecule has 5 heterocycles. The number of pyridine rings is 1. The fourth-order valence-electron chi connectivity index (χ4n) is 4.35. The number of carbonyl (C=O) groups excluding carboxylic acids is 1. The lowest BCUT2D eigenvalue weighted by Crippen LogP contribution is -2.27. The molecule has 1 amide bonds. The van der Waals surface area contributed by atoms with Gasteiger partial charge in [0.25, 0.3) is 5.91 Å². The van der Waals surface area contributed by atoms with Crippen molar-refractivity contribution in [3.8, 4) is 23.1 Å². The largest absolute Gasteiger partial charge is 0.382 e. The monoisotopic (exact) mass is 506 g/mol. The number of nitrogen functional groups attached to an aromatic ring is 1. The molecular weight excluding hydrogens is 484 g/mol. The van der Waals surface area contributed by atoms with Gasteiger partial charge in [-0.15, -0.1) is 16.4 Å². The van der Waals surface area contributed by atoms with Gasteiger partial charge < -0.3 is 11.1 Å². The number of aryl methyl sites for hydroxylation is 1. The highest BCUT2D eigenvalue weighted by Crippen LogP contribution is 2.33. The average molecular weight is 507 g/mol. The molecule has 0 radical (unpaired) electrons. The first kappa shape index (κ1) is 22.6. The lowest BCUT2D eigenvalue weighted by molar-refractivity contribution is 0.0942. The molecule has 10 heteroatoms. The Labute approximate surface area is 216 Å². The normalized spacial score (nSPS) is 11.9. The third kappa shape index (κ3) is 4.01. The van der Waals surface area contributed by atoms with E-state index in [-0.39, 0.29) is 11.7 Å². The Morgan fingerprint density at radius 3 is 2.73 bits per heavy atom. The van der Waals surface area contributed by atoms with Crippen LogP contribution in [-0.4, -0.2) is 34.7 Å². The molecular formula is C27H22N8OS. The number of aromatic nitrogens is 6. The van der Waals surface area contributed by atoms with Gasteiger partial charge in [0.2, 0.25) is 0 Å². The molecule has 0 saturated carbocycles. The van der Waals surface area contributed by atoms with E-state index in [4.69, 9.17) is 10.7 Å². The minimum Gasteiger partial charge on any atom is -0.382 e. The second kappa shape index (κ2) is 8.96. The molecule has 0 fully saturated rings. The maximum Gasteiger partial charge on any atom is 0.257 e. The molecule has 6 rings (SSSR count). The summed E-state index contributed by atoms with van der Waals surface area (Å²) in [6.07, 6.45) is 5.37. The van der Waals surface area contributed by atoms with Crippen LogP contribution in [0.1, 0.15) is 40.3 Å². The van der Waals surface area contributed by atoms with E-state index in [2.05, 4.69) is 27.4 Å². The molecule has 5 aromatic heterocycles. The summed E-state index contributed by atoms with van der Waals surface area (Å²) in [5, 5.41) is 13.5. The van der Waals surface area contributed by atoms with Crippen molar-refractivity contribution < 1.29 is 4.79 Å². The number of benzene rings is 1. The predicted octanol–water partition coefficient (Wildman–Crippen LogP) is 3.92. The number of thiazole rings is 1. The Bertz CT molecular complexity index is 1830. The number of anilines is 1. The highest BCUT2D eigenvalue weighted by atomic mass is 32.1. The minimum atomic E-state index is -0.410. The number of imidazole rings is 1. The molecule has 0 aliphatic rings. The highest BCUT2D eigenvalue weighted by molar-refractivity contribution is 7.15. The Morgan fingerprint density at radius 1 is 1.14 bits per heavy atom. The van der Waals surface area contributed by atoms with E-state index in [1.807, 2.05) is 78.5 Å². The van der Waals surface area contributed by atoms with Crippen LogP contribution in [0.15, 0.2) is 72.5 Å². The number of nitrogens with one attached hydrogen (secondary N) is 1. The molecule has 3 N–H and O–H groups in total. The number of hydrogen-bond acceptors (Lipinski definition) is 6. The smallest absolute Gasteiger partial charge is 0.257 e. The molecule has 0 aliphatic heterocycles. The number of nitrogens with two attached hydrogens (primary N) is 1. The van der Waals surface area contributed by atoms with Gasteiger partial charge in [-0.25, -0.2) is 9.50 Å². The topological polar surface area (TPSA) is 108 Å². The van der Waals surface area contributed by atoms with Gasteiger partial charge in [0.1, 0.15) is 11.3 Å². The lowest BCUT2D eigenvalue weighted by Gasteiger charge is -2.14. The summed E-state index contributed by atoms with van der Waals surface area (Å²) in [4.78, 5) is 19.1. The van der Waals surface area contributed by atoms with Crippen LogP contribution in [0.4, 0.5) is 5.82 Å². The summed E-state index contributed by atoms with van der Waals surface area (Å²) in [6.45, 7) is 1.92. The van der Waals surface area contributed by atoms with Gasteiger partial charge in [0.05, 0.1) is 34.7 Å². The number of hydrogen-bond donors (Lipinski definition) is 2. The van der Waals surface area contributed by atoms with Crippen molar-refractivity contribution in [1.82, 2.24) is 34.1 Å². The SMILES string of the molecule is CC(NC(=O)c1c(N)nn2ccccc12)c1nc2scc(C#Cc3cnn(C)c3)n2c1-c1ccccc1. The van der Waals surface area contributed by atoms with E-state index in [1.54, 1.807) is 21.6 Å². The van der Waals surface area contributed by atoms with Gasteiger partial charge in [-0.2, -0.15) is 5.10 Å². The molecule has 1 atom stereocenters. The van der Waals surface area contributed by atoms with E-state index in [9.17, 15) is 4.79 Å². The molecule has 1 aromatic carbocycles. The zero-order chi connectivity index (χ0) is 25.5. The van der Waals surface area contributed by atoms with Gasteiger partial charge in [-0.3, -0.25) is 13.9 Å². The Balaban J connectivity index is 1.42. The first-order chi connectivity index (χ1) is 18.0. The Hall–Kier alpha value is -4.88. The van der Waals surface area contributed by atoms with Crippen molar-refractivity contribution in [3.63, 3.8) is 0 Å². The summed E-state index contributed by atoms with van der Waals surface area (Å²) in [6, 6.07) is 15.1. The number of carbonyl (C=O) groups is 1. The second-order valence-electron chi connectivity index (χ2n) is 8.59. The standard InChI is InChI=1S/C27H22N8OS/c1-17(30-26(36)22-21-10-6-7-13-34(21)32-25(22)28)23-24(19-8-4-3-5-9-19)35-20(16-37-27(35)31-23)12-11-18-14-29-33(2)15-18/h3-10,13-17H,1-2H3,(H2,28,32)(H,30,36). The van der Waals surface area contributed by atoms with Crippen LogP contribution in [0.2, 0.25) is 0 Å². The fourth-order valence-corrected chi connectivity index (χ4v) is 5.18.